The molecule has 4 nitrogen and oxygen atoms in total. The second-order valence-corrected chi connectivity index (χ2v) is 35.4. The molecule has 2 aromatic heterocycles. The Bertz CT molecular complexity index is 4840. The van der Waals surface area contributed by atoms with Crippen LogP contribution in [-0.4, -0.2) is 6.71 Å². The van der Waals surface area contributed by atoms with Gasteiger partial charge in [-0.05, 0) is 202 Å². The van der Waals surface area contributed by atoms with E-state index in [9.17, 15) is 0 Å². The van der Waals surface area contributed by atoms with Gasteiger partial charge >= 0.3 is 0 Å². The van der Waals surface area contributed by atoms with Gasteiger partial charge in [0.05, 0.1) is 17.1 Å². The van der Waals surface area contributed by atoms with Crippen molar-refractivity contribution in [2.75, 3.05) is 19.6 Å². The van der Waals surface area contributed by atoms with Crippen molar-refractivity contribution in [1.29, 1.82) is 0 Å². The van der Waals surface area contributed by atoms with Gasteiger partial charge in [-0.3, -0.25) is 0 Å². The summed E-state index contributed by atoms with van der Waals surface area (Å²) < 4.78 is 5.11. The molecular weight excluding hydrogens is 1270 g/mol. The van der Waals surface area contributed by atoms with Crippen molar-refractivity contribution >= 4 is 149 Å². The van der Waals surface area contributed by atoms with Gasteiger partial charge in [-0.25, -0.2) is 0 Å². The van der Waals surface area contributed by atoms with Crippen LogP contribution in [0.2, 0.25) is 0 Å². The van der Waals surface area contributed by atoms with Crippen LogP contribution >= 0.6 is 38.6 Å². The Morgan fingerprint density at radius 3 is 1.27 bits per heavy atom. The van der Waals surface area contributed by atoms with E-state index in [2.05, 4.69) is 390 Å². The quantitative estimate of drug-likeness (QED) is 0.141. The predicted octanol–water partition coefficient (Wildman–Crippen LogP) is 25.4. The molecule has 12 aromatic rings. The van der Waals surface area contributed by atoms with E-state index in [0.717, 1.165) is 32.9 Å². The standard InChI is InChI=1S/C44H45BN2S.C44H47BrN2S/c1-42(2,3)28-17-22-31(23-18-28)46-35-26-21-30(44(7,8)9)27-34(35)45-39-36(46)14-12-15-37(39)47(32-24-19-29(20-25-32)43(4,5)6)40-33-13-10-11-16-38(33)48-41(40)45;1-42(2,3)30-17-22-33(23-18-30)46(39-26-21-32(27-38(39)45)44(7,8)9)35-13-12-14-36(28-35)47(34-24-19-31(20-25-34)43(4,5)6)40-29-48-41-16-11-10-15-37(40)41/h10-27H,1-9H3;10-29H,1-9H3. The lowest BCUT2D eigenvalue weighted by molar-refractivity contribution is 0.589. The molecule has 0 N–H and O–H groups in total. The smallest absolute Gasteiger partial charge is 0.264 e. The summed E-state index contributed by atoms with van der Waals surface area (Å²) in [5, 5.41) is 4.87. The topological polar surface area (TPSA) is 13.0 Å². The van der Waals surface area contributed by atoms with Gasteiger partial charge < -0.3 is 19.6 Å². The third-order valence-corrected chi connectivity index (χ3v) is 22.2. The number of hydrogen-bond donors (Lipinski definition) is 0. The molecule has 0 unspecified atom stereocenters. The first-order valence-corrected chi connectivity index (χ1v) is 36.6. The van der Waals surface area contributed by atoms with Crippen LogP contribution in [0.15, 0.2) is 234 Å². The van der Waals surface area contributed by atoms with E-state index in [1.807, 2.05) is 11.3 Å². The van der Waals surface area contributed by atoms with Crippen molar-refractivity contribution in [2.24, 2.45) is 0 Å². The molecule has 96 heavy (non-hydrogen) atoms. The van der Waals surface area contributed by atoms with Gasteiger partial charge in [-0.1, -0.05) is 240 Å². The molecule has 14 rings (SSSR count). The summed E-state index contributed by atoms with van der Waals surface area (Å²) in [7, 11) is 0. The number of thiophene rings is 2. The second-order valence-electron chi connectivity index (χ2n) is 32.6. The average Bonchev–Trinajstić information content (AvgIpc) is 1.28. The molecule has 2 aliphatic heterocycles. The van der Waals surface area contributed by atoms with Crippen LogP contribution in [0.1, 0.15) is 158 Å². The lowest BCUT2D eigenvalue weighted by Gasteiger charge is -2.43. The summed E-state index contributed by atoms with van der Waals surface area (Å²) >= 11 is 7.75. The Hall–Kier alpha value is -8.14. The second kappa shape index (κ2) is 24.7. The number of benzene rings is 10. The van der Waals surface area contributed by atoms with Crippen LogP contribution in [0, 0.1) is 0 Å². The van der Waals surface area contributed by atoms with Crippen molar-refractivity contribution in [3.63, 3.8) is 0 Å². The first-order chi connectivity index (χ1) is 45.3. The number of nitrogens with zero attached hydrogens (tertiary/aromatic N) is 4. The summed E-state index contributed by atoms with van der Waals surface area (Å²) in [6.45, 7) is 41.2. The minimum absolute atomic E-state index is 0.0342. The molecule has 0 aliphatic carbocycles. The summed E-state index contributed by atoms with van der Waals surface area (Å²) in [6.07, 6.45) is 0. The minimum atomic E-state index is 0.0342. The molecule has 0 radical (unpaired) electrons. The summed E-state index contributed by atoms with van der Waals surface area (Å²) in [4.78, 5) is 9.85. The van der Waals surface area contributed by atoms with Gasteiger partial charge in [0.15, 0.2) is 0 Å². The number of fused-ring (bicyclic) bond motifs is 7. The molecule has 0 bridgehead atoms. The van der Waals surface area contributed by atoms with Crippen molar-refractivity contribution in [3.05, 3.63) is 268 Å². The SMILES string of the molecule is CC(C)(C)c1ccc(N(c2cccc(N(c3ccc(C(C)(C)C)cc3)c3csc4ccccc34)c2)c2ccc(C(C)(C)C)cc2Br)cc1.CC(C)(C)c1ccc(N2c3ccc(C(C)(C)C)cc3B3c4sc5ccccc5c4N(c4ccc(C(C)(C)C)cc4)c4cccc2c43)cc1. The van der Waals surface area contributed by atoms with Crippen LogP contribution in [0.4, 0.5) is 68.2 Å². The number of rotatable bonds is 8. The maximum atomic E-state index is 4.00. The molecule has 2 aliphatic rings. The molecule has 10 aromatic carbocycles. The highest BCUT2D eigenvalue weighted by molar-refractivity contribution is 9.10. The maximum absolute atomic E-state index is 4.00. The monoisotopic (exact) mass is 1360 g/mol. The van der Waals surface area contributed by atoms with Crippen LogP contribution in [0.3, 0.4) is 0 Å². The van der Waals surface area contributed by atoms with Crippen molar-refractivity contribution in [2.45, 2.75) is 157 Å². The average molecular weight is 1360 g/mol. The Morgan fingerprint density at radius 2 is 0.760 bits per heavy atom. The molecule has 0 saturated carbocycles. The van der Waals surface area contributed by atoms with Gasteiger partial charge in [0, 0.05) is 86.0 Å². The lowest BCUT2D eigenvalue weighted by Crippen LogP contribution is -2.60. The van der Waals surface area contributed by atoms with E-state index in [0.29, 0.717) is 0 Å². The highest BCUT2D eigenvalue weighted by atomic mass is 79.9. The third kappa shape index (κ3) is 12.7. The highest BCUT2D eigenvalue weighted by Crippen LogP contribution is 2.50. The molecule has 0 fully saturated rings. The fourth-order valence-corrected chi connectivity index (χ4v) is 16.5. The Morgan fingerprint density at radius 1 is 0.344 bits per heavy atom. The predicted molar refractivity (Wildman–Crippen MR) is 427 cm³/mol. The highest BCUT2D eigenvalue weighted by Gasteiger charge is 2.45. The zero-order chi connectivity index (χ0) is 68.2. The van der Waals surface area contributed by atoms with E-state index < -0.39 is 0 Å². The normalized spacial score (nSPS) is 13.3. The van der Waals surface area contributed by atoms with E-state index in [4.69, 9.17) is 0 Å². The van der Waals surface area contributed by atoms with Crippen LogP contribution in [0.25, 0.3) is 20.2 Å². The minimum Gasteiger partial charge on any atom is -0.311 e. The van der Waals surface area contributed by atoms with E-state index in [1.54, 1.807) is 11.3 Å². The molecular formula is C88H92BBrN4S2. The summed E-state index contributed by atoms with van der Waals surface area (Å²) in [5.41, 5.74) is 25.5. The fraction of sp³-hybridized carbons (Fsp3) is 0.273. The summed E-state index contributed by atoms with van der Waals surface area (Å²) in [5.74, 6) is 0. The maximum Gasteiger partial charge on any atom is 0.264 e. The molecule has 0 spiro atoms. The van der Waals surface area contributed by atoms with Gasteiger partial charge in [-0.15, -0.1) is 22.7 Å². The van der Waals surface area contributed by atoms with Crippen molar-refractivity contribution < 1.29 is 0 Å². The zero-order valence-electron chi connectivity index (χ0n) is 59.5. The molecule has 4 heterocycles. The Labute approximate surface area is 589 Å². The molecule has 8 heteroatoms. The van der Waals surface area contributed by atoms with Crippen molar-refractivity contribution in [3.8, 4) is 0 Å². The molecule has 0 saturated heterocycles. The largest absolute Gasteiger partial charge is 0.311 e. The van der Waals surface area contributed by atoms with Gasteiger partial charge in [0.1, 0.15) is 0 Å². The van der Waals surface area contributed by atoms with Crippen molar-refractivity contribution in [1.82, 2.24) is 0 Å². The van der Waals surface area contributed by atoms with E-state index in [1.165, 1.54) is 109 Å². The van der Waals surface area contributed by atoms with Gasteiger partial charge in [0.2, 0.25) is 0 Å². The third-order valence-electron chi connectivity index (χ3n) is 19.4. The number of anilines is 12. The fourth-order valence-electron chi connectivity index (χ4n) is 13.7. The molecule has 486 valence electrons. The first-order valence-electron chi connectivity index (χ1n) is 34.1. The zero-order valence-corrected chi connectivity index (χ0v) is 62.7. The van der Waals surface area contributed by atoms with Crippen LogP contribution in [0.5, 0.6) is 0 Å². The van der Waals surface area contributed by atoms with Gasteiger partial charge in [0.25, 0.3) is 6.71 Å². The summed E-state index contributed by atoms with van der Waals surface area (Å²) in [6, 6.07) is 84.3. The van der Waals surface area contributed by atoms with E-state index >= 15 is 0 Å². The van der Waals surface area contributed by atoms with Crippen LogP contribution < -0.4 is 35.3 Å². The number of hydrogen-bond acceptors (Lipinski definition) is 6. The van der Waals surface area contributed by atoms with Crippen LogP contribution in [-0.2, 0) is 32.5 Å². The first kappa shape index (κ1) is 66.5. The van der Waals surface area contributed by atoms with E-state index in [-0.39, 0.29) is 39.2 Å². The number of halogens is 1. The Kier molecular flexibility index (Phi) is 17.1. The Balaban J connectivity index is 0.000000174. The molecule has 0 atom stereocenters. The lowest BCUT2D eigenvalue weighted by atomic mass is 9.36. The van der Waals surface area contributed by atoms with Gasteiger partial charge in [-0.2, -0.15) is 0 Å². The molecule has 0 amide bonds.